The van der Waals surface area contributed by atoms with E-state index in [1.54, 1.807) is 6.26 Å². The van der Waals surface area contributed by atoms with Gasteiger partial charge in [-0.3, -0.25) is 4.90 Å². The summed E-state index contributed by atoms with van der Waals surface area (Å²) >= 11 is 5.78. The maximum atomic E-state index is 5.78. The van der Waals surface area contributed by atoms with Gasteiger partial charge in [0.1, 0.15) is 5.76 Å². The quantitative estimate of drug-likeness (QED) is 0.595. The zero-order valence-electron chi connectivity index (χ0n) is 17.2. The number of rotatable bonds is 6. The van der Waals surface area contributed by atoms with Gasteiger partial charge in [-0.25, -0.2) is 0 Å². The Kier molecular flexibility index (Phi) is 7.16. The Bertz CT molecular complexity index is 859. The molecule has 0 saturated carbocycles. The number of nitrogens with zero attached hydrogens (tertiary/aromatic N) is 2. The molecule has 1 aliphatic rings. The third-order valence-electron chi connectivity index (χ3n) is 5.70. The van der Waals surface area contributed by atoms with Crippen LogP contribution in [0.3, 0.4) is 0 Å². The number of benzene rings is 2. The summed E-state index contributed by atoms with van der Waals surface area (Å²) < 4.78 is 5.51. The SMILES string of the molecule is S=C(NCC(c1ccccc1)c1ccccc1)N1CCCN(Cc2ccco2)CC1. The molecule has 0 amide bonds. The third-order valence-corrected chi connectivity index (χ3v) is 6.10. The maximum absolute atomic E-state index is 5.78. The molecule has 5 heteroatoms. The number of nitrogens with one attached hydrogen (secondary N) is 1. The van der Waals surface area contributed by atoms with Crippen LogP contribution in [-0.4, -0.2) is 47.6 Å². The van der Waals surface area contributed by atoms with Crippen molar-refractivity contribution in [3.8, 4) is 0 Å². The Morgan fingerprint density at radius 2 is 1.57 bits per heavy atom. The summed E-state index contributed by atoms with van der Waals surface area (Å²) in [6, 6.07) is 25.3. The number of hydrogen-bond donors (Lipinski definition) is 1. The number of furan rings is 1. The lowest BCUT2D eigenvalue weighted by atomic mass is 9.91. The third kappa shape index (κ3) is 5.49. The molecule has 0 spiro atoms. The number of thiocarbonyl (C=S) groups is 1. The summed E-state index contributed by atoms with van der Waals surface area (Å²) in [5, 5.41) is 4.41. The molecule has 156 valence electrons. The molecule has 1 saturated heterocycles. The highest BCUT2D eigenvalue weighted by molar-refractivity contribution is 7.80. The minimum Gasteiger partial charge on any atom is -0.468 e. The second kappa shape index (κ2) is 10.4. The molecule has 1 fully saturated rings. The fraction of sp³-hybridized carbons (Fsp3) is 0.320. The highest BCUT2D eigenvalue weighted by Crippen LogP contribution is 2.23. The van der Waals surface area contributed by atoms with E-state index in [2.05, 4.69) is 75.8 Å². The monoisotopic (exact) mass is 419 g/mol. The van der Waals surface area contributed by atoms with Gasteiger partial charge in [0.25, 0.3) is 0 Å². The molecule has 30 heavy (non-hydrogen) atoms. The molecule has 3 aromatic rings. The van der Waals surface area contributed by atoms with E-state index >= 15 is 0 Å². The van der Waals surface area contributed by atoms with Gasteiger partial charge in [0.15, 0.2) is 5.11 Å². The van der Waals surface area contributed by atoms with Gasteiger partial charge in [-0.1, -0.05) is 60.7 Å². The summed E-state index contributed by atoms with van der Waals surface area (Å²) in [5.74, 6) is 1.30. The first-order chi connectivity index (χ1) is 14.8. The van der Waals surface area contributed by atoms with Gasteiger partial charge in [-0.2, -0.15) is 0 Å². The van der Waals surface area contributed by atoms with E-state index in [0.29, 0.717) is 0 Å². The maximum Gasteiger partial charge on any atom is 0.169 e. The standard InChI is InChI=1S/C25H29N3OS/c30-25(28-15-8-14-27(16-17-28)20-23-13-7-18-29-23)26-19-24(21-9-3-1-4-10-21)22-11-5-2-6-12-22/h1-7,9-13,18,24H,8,14-17,19-20H2,(H,26,30). The van der Waals surface area contributed by atoms with Crippen LogP contribution in [0.4, 0.5) is 0 Å². The minimum absolute atomic E-state index is 0.271. The first-order valence-corrected chi connectivity index (χ1v) is 11.1. The Morgan fingerprint density at radius 3 is 2.20 bits per heavy atom. The van der Waals surface area contributed by atoms with Crippen LogP contribution in [0, 0.1) is 0 Å². The Balaban J connectivity index is 1.35. The molecular weight excluding hydrogens is 390 g/mol. The van der Waals surface area contributed by atoms with Gasteiger partial charge < -0.3 is 14.6 Å². The Morgan fingerprint density at radius 1 is 0.867 bits per heavy atom. The smallest absolute Gasteiger partial charge is 0.169 e. The van der Waals surface area contributed by atoms with Crippen LogP contribution in [0.15, 0.2) is 83.5 Å². The van der Waals surface area contributed by atoms with Crippen molar-refractivity contribution in [2.75, 3.05) is 32.7 Å². The summed E-state index contributed by atoms with van der Waals surface area (Å²) in [7, 11) is 0. The molecule has 2 heterocycles. The van der Waals surface area contributed by atoms with Crippen molar-refractivity contribution in [1.82, 2.24) is 15.1 Å². The Labute approximate surface area is 184 Å². The lowest BCUT2D eigenvalue weighted by Crippen LogP contribution is -2.43. The number of hydrogen-bond acceptors (Lipinski definition) is 3. The van der Waals surface area contributed by atoms with Gasteiger partial charge in [-0.05, 0) is 41.9 Å². The summed E-state index contributed by atoms with van der Waals surface area (Å²) in [5.41, 5.74) is 2.61. The van der Waals surface area contributed by atoms with Crippen LogP contribution < -0.4 is 5.32 Å². The molecule has 4 rings (SSSR count). The van der Waals surface area contributed by atoms with Gasteiger partial charge >= 0.3 is 0 Å². The fourth-order valence-electron chi connectivity index (χ4n) is 4.06. The topological polar surface area (TPSA) is 31.6 Å². The fourth-order valence-corrected chi connectivity index (χ4v) is 4.32. The van der Waals surface area contributed by atoms with Gasteiger partial charge in [0.2, 0.25) is 0 Å². The largest absolute Gasteiger partial charge is 0.468 e. The second-order valence-electron chi connectivity index (χ2n) is 7.76. The van der Waals surface area contributed by atoms with Gasteiger partial charge in [-0.15, -0.1) is 0 Å². The predicted molar refractivity (Wildman–Crippen MR) is 126 cm³/mol. The van der Waals surface area contributed by atoms with Gasteiger partial charge in [0.05, 0.1) is 12.8 Å². The van der Waals surface area contributed by atoms with Gasteiger partial charge in [0, 0.05) is 38.6 Å². The van der Waals surface area contributed by atoms with Crippen molar-refractivity contribution < 1.29 is 4.42 Å². The highest BCUT2D eigenvalue weighted by Gasteiger charge is 2.19. The van der Waals surface area contributed by atoms with Crippen LogP contribution in [0.1, 0.15) is 29.2 Å². The molecule has 1 N–H and O–H groups in total. The molecule has 0 bridgehead atoms. The molecule has 0 unspecified atom stereocenters. The lowest BCUT2D eigenvalue weighted by Gasteiger charge is -2.27. The molecule has 0 radical (unpaired) electrons. The van der Waals surface area contributed by atoms with Crippen LogP contribution in [0.5, 0.6) is 0 Å². The van der Waals surface area contributed by atoms with Crippen LogP contribution in [0.25, 0.3) is 0 Å². The molecule has 4 nitrogen and oxygen atoms in total. The van der Waals surface area contributed by atoms with Crippen molar-refractivity contribution >= 4 is 17.3 Å². The van der Waals surface area contributed by atoms with Crippen LogP contribution in [0.2, 0.25) is 0 Å². The van der Waals surface area contributed by atoms with E-state index in [-0.39, 0.29) is 5.92 Å². The predicted octanol–water partition coefficient (Wildman–Crippen LogP) is 4.49. The van der Waals surface area contributed by atoms with Crippen molar-refractivity contribution in [3.63, 3.8) is 0 Å². The summed E-state index contributed by atoms with van der Waals surface area (Å²) in [6.45, 7) is 5.64. The normalized spacial score (nSPS) is 15.2. The van der Waals surface area contributed by atoms with E-state index in [0.717, 1.165) is 56.6 Å². The zero-order chi connectivity index (χ0) is 20.6. The summed E-state index contributed by atoms with van der Waals surface area (Å²) in [4.78, 5) is 4.75. The summed E-state index contributed by atoms with van der Waals surface area (Å²) in [6.07, 6.45) is 2.84. The molecule has 1 aliphatic heterocycles. The second-order valence-corrected chi connectivity index (χ2v) is 8.14. The molecular formula is C25H29N3OS. The first-order valence-electron chi connectivity index (χ1n) is 10.7. The molecule has 1 aromatic heterocycles. The molecule has 2 aromatic carbocycles. The van der Waals surface area contributed by atoms with E-state index in [4.69, 9.17) is 16.6 Å². The molecule has 0 atom stereocenters. The average Bonchev–Trinajstić information content (AvgIpc) is 3.19. The van der Waals surface area contributed by atoms with Crippen molar-refractivity contribution in [2.45, 2.75) is 18.9 Å². The van der Waals surface area contributed by atoms with Crippen LogP contribution in [-0.2, 0) is 6.54 Å². The van der Waals surface area contributed by atoms with E-state index in [1.807, 2.05) is 12.1 Å². The Hall–Kier alpha value is -2.63. The van der Waals surface area contributed by atoms with Crippen molar-refractivity contribution in [3.05, 3.63) is 95.9 Å². The average molecular weight is 420 g/mol. The van der Waals surface area contributed by atoms with Crippen LogP contribution >= 0.6 is 12.2 Å². The zero-order valence-corrected chi connectivity index (χ0v) is 18.1. The molecule has 0 aliphatic carbocycles. The van der Waals surface area contributed by atoms with Crippen molar-refractivity contribution in [2.24, 2.45) is 0 Å². The minimum atomic E-state index is 0.271. The van der Waals surface area contributed by atoms with Crippen molar-refractivity contribution in [1.29, 1.82) is 0 Å². The van der Waals surface area contributed by atoms with E-state index < -0.39 is 0 Å². The highest BCUT2D eigenvalue weighted by atomic mass is 32.1. The van der Waals surface area contributed by atoms with E-state index in [9.17, 15) is 0 Å². The lowest BCUT2D eigenvalue weighted by molar-refractivity contribution is 0.254. The first kappa shape index (κ1) is 20.6. The van der Waals surface area contributed by atoms with E-state index in [1.165, 1.54) is 11.1 Å².